The third-order valence-electron chi connectivity index (χ3n) is 4.23. The maximum Gasteiger partial charge on any atom is 0.255 e. The summed E-state index contributed by atoms with van der Waals surface area (Å²) in [6.45, 7) is 1.99. The molecule has 5 heteroatoms. The van der Waals surface area contributed by atoms with Gasteiger partial charge in [-0.25, -0.2) is 0 Å². The lowest BCUT2D eigenvalue weighted by Gasteiger charge is -2.07. The zero-order valence-corrected chi connectivity index (χ0v) is 14.6. The van der Waals surface area contributed by atoms with E-state index in [1.54, 1.807) is 42.7 Å². The molecule has 0 saturated heterocycles. The molecule has 2 heterocycles. The Morgan fingerprint density at radius 2 is 1.81 bits per heavy atom. The van der Waals surface area contributed by atoms with Crippen molar-refractivity contribution in [2.45, 2.75) is 6.92 Å². The SMILES string of the molecule is Cc1cccc(-c2cc(=O)c3cc(NC(=O)c4ccncc4)ccc3o2)c1. The van der Waals surface area contributed by atoms with Crippen molar-refractivity contribution in [3.8, 4) is 11.3 Å². The second-order valence-electron chi connectivity index (χ2n) is 6.25. The third-order valence-corrected chi connectivity index (χ3v) is 4.23. The van der Waals surface area contributed by atoms with Crippen molar-refractivity contribution in [2.24, 2.45) is 0 Å². The fraction of sp³-hybridized carbons (Fsp3) is 0.0455. The van der Waals surface area contributed by atoms with Crippen molar-refractivity contribution >= 4 is 22.6 Å². The number of hydrogen-bond acceptors (Lipinski definition) is 4. The van der Waals surface area contributed by atoms with Crippen LogP contribution in [-0.2, 0) is 0 Å². The predicted molar refractivity (Wildman–Crippen MR) is 105 cm³/mol. The molecule has 0 bridgehead atoms. The van der Waals surface area contributed by atoms with Crippen LogP contribution < -0.4 is 10.7 Å². The minimum atomic E-state index is -0.266. The van der Waals surface area contributed by atoms with Gasteiger partial charge < -0.3 is 9.73 Å². The molecule has 2 aromatic heterocycles. The normalized spacial score (nSPS) is 10.7. The molecule has 0 aliphatic carbocycles. The second-order valence-corrected chi connectivity index (χ2v) is 6.25. The molecule has 132 valence electrons. The number of benzene rings is 2. The fourth-order valence-electron chi connectivity index (χ4n) is 2.88. The molecule has 5 nitrogen and oxygen atoms in total. The Bertz CT molecular complexity index is 1200. The van der Waals surface area contributed by atoms with Gasteiger partial charge in [0, 0.05) is 35.3 Å². The molecule has 4 rings (SSSR count). The summed E-state index contributed by atoms with van der Waals surface area (Å²) in [7, 11) is 0. The van der Waals surface area contributed by atoms with Gasteiger partial charge in [-0.05, 0) is 43.3 Å². The van der Waals surface area contributed by atoms with Crippen molar-refractivity contribution in [1.82, 2.24) is 4.98 Å². The number of carbonyl (C=O) groups excluding carboxylic acids is 1. The van der Waals surface area contributed by atoms with Crippen LogP contribution in [0.1, 0.15) is 15.9 Å². The third kappa shape index (κ3) is 3.48. The Morgan fingerprint density at radius 1 is 1.00 bits per heavy atom. The molecule has 0 atom stereocenters. The smallest absolute Gasteiger partial charge is 0.255 e. The van der Waals surface area contributed by atoms with Gasteiger partial charge in [0.1, 0.15) is 11.3 Å². The first kappa shape index (κ1) is 16.7. The number of nitrogens with zero attached hydrogens (tertiary/aromatic N) is 1. The molecule has 0 fully saturated rings. The van der Waals surface area contributed by atoms with Crippen LogP contribution in [0.15, 0.2) is 82.3 Å². The van der Waals surface area contributed by atoms with Gasteiger partial charge in [0.2, 0.25) is 0 Å². The highest BCUT2D eigenvalue weighted by molar-refractivity contribution is 6.04. The lowest BCUT2D eigenvalue weighted by molar-refractivity contribution is 0.102. The van der Waals surface area contributed by atoms with Gasteiger partial charge in [-0.3, -0.25) is 14.6 Å². The molecule has 4 aromatic rings. The first-order valence-electron chi connectivity index (χ1n) is 8.46. The summed E-state index contributed by atoms with van der Waals surface area (Å²) < 4.78 is 5.91. The molecule has 2 aromatic carbocycles. The van der Waals surface area contributed by atoms with E-state index in [1.807, 2.05) is 31.2 Å². The van der Waals surface area contributed by atoms with Crippen LogP contribution in [0.4, 0.5) is 5.69 Å². The molecule has 27 heavy (non-hydrogen) atoms. The van der Waals surface area contributed by atoms with Gasteiger partial charge in [-0.1, -0.05) is 23.8 Å². The summed E-state index contributed by atoms with van der Waals surface area (Å²) in [6.07, 6.45) is 3.10. The molecule has 0 unspecified atom stereocenters. The molecule has 0 radical (unpaired) electrons. The van der Waals surface area contributed by atoms with Gasteiger partial charge in [-0.15, -0.1) is 0 Å². The molecule has 0 aliphatic heterocycles. The zero-order chi connectivity index (χ0) is 18.8. The Hall–Kier alpha value is -3.73. The number of rotatable bonds is 3. The van der Waals surface area contributed by atoms with Gasteiger partial charge in [0.25, 0.3) is 5.91 Å². The lowest BCUT2D eigenvalue weighted by atomic mass is 10.1. The maximum atomic E-state index is 12.6. The van der Waals surface area contributed by atoms with Gasteiger partial charge in [-0.2, -0.15) is 0 Å². The minimum absolute atomic E-state index is 0.159. The minimum Gasteiger partial charge on any atom is -0.456 e. The Balaban J connectivity index is 1.69. The maximum absolute atomic E-state index is 12.6. The van der Waals surface area contributed by atoms with Crippen molar-refractivity contribution in [2.75, 3.05) is 5.32 Å². The van der Waals surface area contributed by atoms with Crippen LogP contribution in [-0.4, -0.2) is 10.9 Å². The molecule has 0 spiro atoms. The number of fused-ring (bicyclic) bond motifs is 1. The van der Waals surface area contributed by atoms with Gasteiger partial charge in [0.05, 0.1) is 5.39 Å². The summed E-state index contributed by atoms with van der Waals surface area (Å²) in [4.78, 5) is 28.7. The molecule has 0 saturated carbocycles. The predicted octanol–water partition coefficient (Wildman–Crippen LogP) is 4.42. The Kier molecular flexibility index (Phi) is 4.26. The van der Waals surface area contributed by atoms with E-state index in [9.17, 15) is 9.59 Å². The largest absolute Gasteiger partial charge is 0.456 e. The van der Waals surface area contributed by atoms with E-state index in [2.05, 4.69) is 10.3 Å². The van der Waals surface area contributed by atoms with E-state index >= 15 is 0 Å². The first-order valence-corrected chi connectivity index (χ1v) is 8.46. The van der Waals surface area contributed by atoms with Crippen molar-refractivity contribution < 1.29 is 9.21 Å². The van der Waals surface area contributed by atoms with Crippen molar-refractivity contribution in [3.05, 3.63) is 94.4 Å². The molecule has 1 amide bonds. The first-order chi connectivity index (χ1) is 13.1. The van der Waals surface area contributed by atoms with Crippen molar-refractivity contribution in [1.29, 1.82) is 0 Å². The molecular formula is C22H16N2O3. The number of aromatic nitrogens is 1. The van der Waals surface area contributed by atoms with E-state index < -0.39 is 0 Å². The monoisotopic (exact) mass is 356 g/mol. The summed E-state index contributed by atoms with van der Waals surface area (Å²) in [5.74, 6) is 0.252. The summed E-state index contributed by atoms with van der Waals surface area (Å²) in [6, 6.07) is 17.5. The average Bonchev–Trinajstić information content (AvgIpc) is 2.69. The topological polar surface area (TPSA) is 72.2 Å². The van der Waals surface area contributed by atoms with Crippen LogP contribution in [0.5, 0.6) is 0 Å². The van der Waals surface area contributed by atoms with Crippen LogP contribution in [0.3, 0.4) is 0 Å². The number of hydrogen-bond donors (Lipinski definition) is 1. The molecule has 0 aliphatic rings. The summed E-state index contributed by atoms with van der Waals surface area (Å²) in [5, 5.41) is 3.20. The highest BCUT2D eigenvalue weighted by Crippen LogP contribution is 2.24. The summed E-state index contributed by atoms with van der Waals surface area (Å²) >= 11 is 0. The van der Waals surface area contributed by atoms with E-state index in [-0.39, 0.29) is 11.3 Å². The molecular weight excluding hydrogens is 340 g/mol. The highest BCUT2D eigenvalue weighted by Gasteiger charge is 2.10. The van der Waals surface area contributed by atoms with E-state index in [4.69, 9.17) is 4.42 Å². The van der Waals surface area contributed by atoms with E-state index in [0.717, 1.165) is 11.1 Å². The van der Waals surface area contributed by atoms with Crippen LogP contribution in [0, 0.1) is 6.92 Å². The van der Waals surface area contributed by atoms with Gasteiger partial charge >= 0.3 is 0 Å². The Labute approximate surface area is 155 Å². The summed E-state index contributed by atoms with van der Waals surface area (Å²) in [5.41, 5.74) is 3.27. The highest BCUT2D eigenvalue weighted by atomic mass is 16.3. The number of aryl methyl sites for hydroxylation is 1. The van der Waals surface area contributed by atoms with E-state index in [0.29, 0.717) is 28.0 Å². The second kappa shape index (κ2) is 6.88. The lowest BCUT2D eigenvalue weighted by Crippen LogP contribution is -2.12. The molecule has 1 N–H and O–H groups in total. The zero-order valence-electron chi connectivity index (χ0n) is 14.6. The quantitative estimate of drug-likeness (QED) is 0.590. The van der Waals surface area contributed by atoms with Crippen LogP contribution in [0.25, 0.3) is 22.3 Å². The number of anilines is 1. The van der Waals surface area contributed by atoms with Crippen LogP contribution >= 0.6 is 0 Å². The average molecular weight is 356 g/mol. The van der Waals surface area contributed by atoms with Gasteiger partial charge in [0.15, 0.2) is 5.43 Å². The number of amides is 1. The standard InChI is InChI=1S/C22H16N2O3/c1-14-3-2-4-16(11-14)21-13-19(25)18-12-17(5-6-20(18)27-21)24-22(26)15-7-9-23-10-8-15/h2-13H,1H3,(H,24,26). The van der Waals surface area contributed by atoms with Crippen LogP contribution in [0.2, 0.25) is 0 Å². The number of pyridine rings is 1. The number of carbonyl (C=O) groups is 1. The van der Waals surface area contributed by atoms with Crippen molar-refractivity contribution in [3.63, 3.8) is 0 Å². The number of nitrogens with one attached hydrogen (secondary N) is 1. The Morgan fingerprint density at radius 3 is 2.59 bits per heavy atom. The fourth-order valence-corrected chi connectivity index (χ4v) is 2.88. The van der Waals surface area contributed by atoms with E-state index in [1.165, 1.54) is 6.07 Å².